The number of rotatable bonds is 5. The first-order chi connectivity index (χ1) is 9.67. The van der Waals surface area contributed by atoms with Crippen LogP contribution in [0.1, 0.15) is 38.3 Å². The third-order valence-corrected chi connectivity index (χ3v) is 5.13. The molecule has 0 amide bonds. The smallest absolute Gasteiger partial charge is 0.0391 e. The van der Waals surface area contributed by atoms with E-state index in [9.17, 15) is 0 Å². The summed E-state index contributed by atoms with van der Waals surface area (Å²) in [5.74, 6) is 0.719. The number of benzene rings is 1. The molecule has 0 spiro atoms. The van der Waals surface area contributed by atoms with Crippen molar-refractivity contribution >= 4 is 11.8 Å². The Kier molecular flexibility index (Phi) is 5.94. The van der Waals surface area contributed by atoms with E-state index in [1.54, 1.807) is 0 Å². The molecule has 1 saturated heterocycles. The third-order valence-electron chi connectivity index (χ3n) is 4.38. The van der Waals surface area contributed by atoms with Crippen LogP contribution in [-0.2, 0) is 0 Å². The normalized spacial score (nSPS) is 24.2. The van der Waals surface area contributed by atoms with Crippen LogP contribution in [0.25, 0.3) is 0 Å². The first-order valence-electron chi connectivity index (χ1n) is 7.71. The highest BCUT2D eigenvalue weighted by atomic mass is 32.2. The highest BCUT2D eigenvalue weighted by Crippen LogP contribution is 2.37. The Bertz CT molecular complexity index is 400. The van der Waals surface area contributed by atoms with Crippen LogP contribution < -0.4 is 5.32 Å². The number of nitrogens with zero attached hydrogens (tertiary/aromatic N) is 1. The van der Waals surface area contributed by atoms with Crippen LogP contribution in [0.5, 0.6) is 0 Å². The Morgan fingerprint density at radius 2 is 2.00 bits per heavy atom. The van der Waals surface area contributed by atoms with E-state index in [1.165, 1.54) is 29.8 Å². The summed E-state index contributed by atoms with van der Waals surface area (Å²) in [6, 6.07) is 10.4. The molecule has 2 nitrogen and oxygen atoms in total. The lowest BCUT2D eigenvalue weighted by Crippen LogP contribution is -2.45. The van der Waals surface area contributed by atoms with Crippen molar-refractivity contribution in [3.8, 4) is 0 Å². The minimum absolute atomic E-state index is 0.562. The molecule has 0 saturated carbocycles. The molecule has 2 atom stereocenters. The Balaban J connectivity index is 2.27. The summed E-state index contributed by atoms with van der Waals surface area (Å²) in [5, 5.41) is 3.39. The molecule has 1 aliphatic rings. The SMILES string of the molecule is CNCC1CCCN(C(C)C)C1c1ccc(SC)cc1. The monoisotopic (exact) mass is 292 g/mol. The molecule has 0 aliphatic carbocycles. The van der Waals surface area contributed by atoms with Gasteiger partial charge >= 0.3 is 0 Å². The molecule has 0 radical (unpaired) electrons. The van der Waals surface area contributed by atoms with Crippen LogP contribution in [0.4, 0.5) is 0 Å². The lowest BCUT2D eigenvalue weighted by Gasteiger charge is -2.44. The molecule has 1 aromatic carbocycles. The average molecular weight is 292 g/mol. The van der Waals surface area contributed by atoms with Crippen molar-refractivity contribution in [1.82, 2.24) is 10.2 Å². The standard InChI is InChI=1S/C17H28N2S/c1-13(2)19-11-5-6-15(12-18-3)17(19)14-7-9-16(20-4)10-8-14/h7-10,13,15,17-18H,5-6,11-12H2,1-4H3. The molecule has 0 bridgehead atoms. The van der Waals surface area contributed by atoms with Gasteiger partial charge in [0.25, 0.3) is 0 Å². The number of likely N-dealkylation sites (tertiary alicyclic amines) is 1. The van der Waals surface area contributed by atoms with E-state index in [2.05, 4.69) is 61.6 Å². The second-order valence-electron chi connectivity index (χ2n) is 6.01. The van der Waals surface area contributed by atoms with E-state index in [0.717, 1.165) is 12.5 Å². The van der Waals surface area contributed by atoms with Gasteiger partial charge in [0.2, 0.25) is 0 Å². The maximum Gasteiger partial charge on any atom is 0.0391 e. The van der Waals surface area contributed by atoms with Gasteiger partial charge in [0, 0.05) is 17.0 Å². The summed E-state index contributed by atoms with van der Waals surface area (Å²) in [6.07, 6.45) is 4.79. The van der Waals surface area contributed by atoms with Gasteiger partial charge in [0.1, 0.15) is 0 Å². The van der Waals surface area contributed by atoms with Crippen LogP contribution in [0, 0.1) is 5.92 Å². The Hall–Kier alpha value is -0.510. The zero-order valence-corrected chi connectivity index (χ0v) is 14.0. The Morgan fingerprint density at radius 1 is 1.30 bits per heavy atom. The summed E-state index contributed by atoms with van der Waals surface area (Å²) >= 11 is 1.82. The molecule has 2 unspecified atom stereocenters. The molecule has 112 valence electrons. The predicted octanol–water partition coefficient (Wildman–Crippen LogP) is 3.79. The molecule has 1 fully saturated rings. The van der Waals surface area contributed by atoms with E-state index in [0.29, 0.717) is 12.1 Å². The number of piperidine rings is 1. The van der Waals surface area contributed by atoms with E-state index in [-0.39, 0.29) is 0 Å². The summed E-state index contributed by atoms with van der Waals surface area (Å²) in [6.45, 7) is 6.99. The minimum atomic E-state index is 0.562. The zero-order chi connectivity index (χ0) is 14.5. The van der Waals surface area contributed by atoms with Crippen LogP contribution in [0.2, 0.25) is 0 Å². The highest BCUT2D eigenvalue weighted by Gasteiger charge is 2.33. The first kappa shape index (κ1) is 15.9. The van der Waals surface area contributed by atoms with E-state index in [1.807, 2.05) is 11.8 Å². The zero-order valence-electron chi connectivity index (χ0n) is 13.2. The van der Waals surface area contributed by atoms with Crippen molar-refractivity contribution in [2.45, 2.75) is 43.7 Å². The third kappa shape index (κ3) is 3.57. The fraction of sp³-hybridized carbons (Fsp3) is 0.647. The number of hydrogen-bond acceptors (Lipinski definition) is 3. The molecule has 2 rings (SSSR count). The lowest BCUT2D eigenvalue weighted by atomic mass is 9.83. The maximum atomic E-state index is 3.39. The van der Waals surface area contributed by atoms with Gasteiger partial charge in [-0.3, -0.25) is 4.90 Å². The van der Waals surface area contributed by atoms with Crippen LogP contribution in [0.15, 0.2) is 29.2 Å². The lowest BCUT2D eigenvalue weighted by molar-refractivity contribution is 0.0636. The topological polar surface area (TPSA) is 15.3 Å². The summed E-state index contributed by atoms with van der Waals surface area (Å²) in [4.78, 5) is 4.03. The van der Waals surface area contributed by atoms with Gasteiger partial charge in [0.05, 0.1) is 0 Å². The quantitative estimate of drug-likeness (QED) is 0.831. The number of hydrogen-bond donors (Lipinski definition) is 1. The highest BCUT2D eigenvalue weighted by molar-refractivity contribution is 7.98. The molecular weight excluding hydrogens is 264 g/mol. The molecule has 1 heterocycles. The Morgan fingerprint density at radius 3 is 2.55 bits per heavy atom. The van der Waals surface area contributed by atoms with Gasteiger partial charge in [-0.2, -0.15) is 0 Å². The molecule has 1 aliphatic heterocycles. The van der Waals surface area contributed by atoms with Gasteiger partial charge in [-0.05, 0) is 76.7 Å². The van der Waals surface area contributed by atoms with Crippen molar-refractivity contribution in [3.05, 3.63) is 29.8 Å². The van der Waals surface area contributed by atoms with Crippen molar-refractivity contribution in [2.24, 2.45) is 5.92 Å². The molecule has 1 aromatic rings. The number of thioether (sulfide) groups is 1. The van der Waals surface area contributed by atoms with Gasteiger partial charge in [-0.25, -0.2) is 0 Å². The summed E-state index contributed by atoms with van der Waals surface area (Å²) in [7, 11) is 2.07. The van der Waals surface area contributed by atoms with Crippen molar-refractivity contribution in [3.63, 3.8) is 0 Å². The van der Waals surface area contributed by atoms with Crippen molar-refractivity contribution < 1.29 is 0 Å². The predicted molar refractivity (Wildman–Crippen MR) is 89.5 cm³/mol. The minimum Gasteiger partial charge on any atom is -0.319 e. The molecular formula is C17H28N2S. The summed E-state index contributed by atoms with van der Waals surface area (Å²) in [5.41, 5.74) is 1.48. The van der Waals surface area contributed by atoms with E-state index >= 15 is 0 Å². The average Bonchev–Trinajstić information content (AvgIpc) is 2.47. The van der Waals surface area contributed by atoms with Crippen LogP contribution in [0.3, 0.4) is 0 Å². The van der Waals surface area contributed by atoms with E-state index < -0.39 is 0 Å². The van der Waals surface area contributed by atoms with Crippen molar-refractivity contribution in [1.29, 1.82) is 0 Å². The largest absolute Gasteiger partial charge is 0.319 e. The fourth-order valence-electron chi connectivity index (χ4n) is 3.42. The van der Waals surface area contributed by atoms with Crippen molar-refractivity contribution in [2.75, 3.05) is 26.4 Å². The Labute approximate surface area is 128 Å². The van der Waals surface area contributed by atoms with Crippen LogP contribution >= 0.6 is 11.8 Å². The van der Waals surface area contributed by atoms with Gasteiger partial charge in [-0.15, -0.1) is 11.8 Å². The van der Waals surface area contributed by atoms with Gasteiger partial charge < -0.3 is 5.32 Å². The molecule has 1 N–H and O–H groups in total. The number of nitrogens with one attached hydrogen (secondary N) is 1. The maximum absolute atomic E-state index is 3.39. The summed E-state index contributed by atoms with van der Waals surface area (Å²) < 4.78 is 0. The first-order valence-corrected chi connectivity index (χ1v) is 8.94. The second kappa shape index (κ2) is 7.48. The molecule has 0 aromatic heterocycles. The van der Waals surface area contributed by atoms with Gasteiger partial charge in [-0.1, -0.05) is 12.1 Å². The molecule has 20 heavy (non-hydrogen) atoms. The van der Waals surface area contributed by atoms with Crippen LogP contribution in [-0.4, -0.2) is 37.3 Å². The second-order valence-corrected chi connectivity index (χ2v) is 6.89. The molecule has 3 heteroatoms. The fourth-order valence-corrected chi connectivity index (χ4v) is 3.83. The van der Waals surface area contributed by atoms with E-state index in [4.69, 9.17) is 0 Å². The van der Waals surface area contributed by atoms with Gasteiger partial charge in [0.15, 0.2) is 0 Å².